The summed E-state index contributed by atoms with van der Waals surface area (Å²) in [4.78, 5) is 0. The SMILES string of the molecule is CC1(c2ccccc2N[NH+]([O-])c2ccccc2C2(C)CC2)CC1. The molecule has 2 aromatic rings. The van der Waals surface area contributed by atoms with Crippen LogP contribution in [0.2, 0.25) is 0 Å². The fraction of sp³-hybridized carbons (Fsp3) is 0.400. The van der Waals surface area contributed by atoms with E-state index in [4.69, 9.17) is 0 Å². The smallest absolute Gasteiger partial charge is 0.159 e. The van der Waals surface area contributed by atoms with Crippen LogP contribution in [0.25, 0.3) is 0 Å². The molecule has 3 heteroatoms. The lowest BCUT2D eigenvalue weighted by atomic mass is 9.96. The number of hydrogen-bond acceptors (Lipinski definition) is 2. The van der Waals surface area contributed by atoms with Gasteiger partial charge in [0.05, 0.1) is 5.69 Å². The number of benzene rings is 2. The summed E-state index contributed by atoms with van der Waals surface area (Å²) in [6.07, 6.45) is 4.75. The van der Waals surface area contributed by atoms with Crippen molar-refractivity contribution in [2.45, 2.75) is 50.4 Å². The summed E-state index contributed by atoms with van der Waals surface area (Å²) >= 11 is 0. The highest BCUT2D eigenvalue weighted by molar-refractivity contribution is 5.56. The van der Waals surface area contributed by atoms with Gasteiger partial charge < -0.3 is 5.21 Å². The molecule has 2 aromatic carbocycles. The van der Waals surface area contributed by atoms with Gasteiger partial charge in [0.25, 0.3) is 0 Å². The third kappa shape index (κ3) is 2.64. The summed E-state index contributed by atoms with van der Waals surface area (Å²) in [5.74, 6) is 0. The number of nitrogens with one attached hydrogen (secondary N) is 2. The van der Waals surface area contributed by atoms with E-state index in [-0.39, 0.29) is 16.0 Å². The summed E-state index contributed by atoms with van der Waals surface area (Å²) in [6, 6.07) is 16.3. The van der Waals surface area contributed by atoms with Gasteiger partial charge in [-0.25, -0.2) is 10.6 Å². The Morgan fingerprint density at radius 2 is 1.35 bits per heavy atom. The van der Waals surface area contributed by atoms with E-state index in [9.17, 15) is 5.21 Å². The van der Waals surface area contributed by atoms with Crippen molar-refractivity contribution >= 4 is 11.4 Å². The number of rotatable bonds is 5. The largest absolute Gasteiger partial charge is 0.603 e. The minimum atomic E-state index is 0.0189. The van der Waals surface area contributed by atoms with E-state index in [2.05, 4.69) is 37.5 Å². The minimum absolute atomic E-state index is 0.0189. The molecule has 0 bridgehead atoms. The average Bonchev–Trinajstić information content (AvgIpc) is 3.48. The van der Waals surface area contributed by atoms with Crippen LogP contribution in [0.3, 0.4) is 0 Å². The standard InChI is InChI=1S/C20H24N2O/c1-19(11-12-19)15-7-3-5-9-17(15)21-22(23)18-10-6-4-8-16(18)20(2)13-14-20/h3-10,21-22H,11-14H2,1-2H3. The lowest BCUT2D eigenvalue weighted by molar-refractivity contribution is -0.750. The first-order chi connectivity index (χ1) is 11.0. The van der Waals surface area contributed by atoms with Gasteiger partial charge in [-0.05, 0) is 48.1 Å². The predicted octanol–water partition coefficient (Wildman–Crippen LogP) is 3.83. The van der Waals surface area contributed by atoms with Gasteiger partial charge in [0, 0.05) is 11.6 Å². The van der Waals surface area contributed by atoms with Gasteiger partial charge in [0.2, 0.25) is 0 Å². The normalized spacial score (nSPS) is 21.5. The lowest BCUT2D eigenvalue weighted by Crippen LogP contribution is -3.06. The number of hydrogen-bond donors (Lipinski definition) is 2. The van der Waals surface area contributed by atoms with E-state index in [1.807, 2.05) is 30.3 Å². The summed E-state index contributed by atoms with van der Waals surface area (Å²) in [7, 11) is 0. The molecule has 120 valence electrons. The zero-order valence-corrected chi connectivity index (χ0v) is 13.9. The van der Waals surface area contributed by atoms with Crippen molar-refractivity contribution in [2.24, 2.45) is 0 Å². The molecule has 0 radical (unpaired) electrons. The first-order valence-electron chi connectivity index (χ1n) is 8.52. The van der Waals surface area contributed by atoms with Crippen LogP contribution in [0.1, 0.15) is 50.7 Å². The first-order valence-corrected chi connectivity index (χ1v) is 8.52. The molecule has 1 unspecified atom stereocenters. The van der Waals surface area contributed by atoms with Gasteiger partial charge in [0.1, 0.15) is 0 Å². The molecular formula is C20H24N2O. The fourth-order valence-corrected chi connectivity index (χ4v) is 3.43. The molecular weight excluding hydrogens is 284 g/mol. The van der Waals surface area contributed by atoms with Crippen LogP contribution in [0.15, 0.2) is 48.5 Å². The van der Waals surface area contributed by atoms with E-state index in [0.29, 0.717) is 0 Å². The summed E-state index contributed by atoms with van der Waals surface area (Å²) in [6.45, 7) is 4.52. The van der Waals surface area contributed by atoms with Gasteiger partial charge in [0.15, 0.2) is 5.69 Å². The Kier molecular flexibility index (Phi) is 3.26. The molecule has 0 saturated heterocycles. The maximum absolute atomic E-state index is 12.9. The Hall–Kier alpha value is -1.84. The summed E-state index contributed by atoms with van der Waals surface area (Å²) in [5, 5.41) is 12.9. The van der Waals surface area contributed by atoms with Crippen molar-refractivity contribution in [3.05, 3.63) is 64.9 Å². The molecule has 2 N–H and O–H groups in total. The minimum Gasteiger partial charge on any atom is -0.603 e. The van der Waals surface area contributed by atoms with Crippen LogP contribution in [0.5, 0.6) is 0 Å². The molecule has 0 aromatic heterocycles. The third-order valence-electron chi connectivity index (χ3n) is 5.65. The summed E-state index contributed by atoms with van der Waals surface area (Å²) < 4.78 is 0. The highest BCUT2D eigenvalue weighted by Crippen LogP contribution is 2.50. The second kappa shape index (κ2) is 5.08. The van der Waals surface area contributed by atoms with Gasteiger partial charge in [-0.2, -0.15) is 0 Å². The Morgan fingerprint density at radius 3 is 2.00 bits per heavy atom. The third-order valence-corrected chi connectivity index (χ3v) is 5.65. The van der Waals surface area contributed by atoms with E-state index >= 15 is 0 Å². The Balaban J connectivity index is 1.64. The molecule has 0 spiro atoms. The molecule has 3 nitrogen and oxygen atoms in total. The zero-order chi connectivity index (χ0) is 16.1. The second-order valence-electron chi connectivity index (χ2n) is 7.67. The number of anilines is 1. The Morgan fingerprint density at radius 1 is 0.826 bits per heavy atom. The molecule has 2 aliphatic rings. The molecule has 2 fully saturated rings. The van der Waals surface area contributed by atoms with Gasteiger partial charge in [-0.1, -0.05) is 50.2 Å². The van der Waals surface area contributed by atoms with E-state index in [1.54, 1.807) is 0 Å². The highest BCUT2D eigenvalue weighted by atomic mass is 16.5. The topological polar surface area (TPSA) is 39.5 Å². The Bertz CT molecular complexity index is 732. The van der Waals surface area contributed by atoms with E-state index < -0.39 is 0 Å². The first kappa shape index (κ1) is 14.7. The molecule has 0 amide bonds. The molecule has 0 aliphatic heterocycles. The second-order valence-corrected chi connectivity index (χ2v) is 7.67. The van der Waals surface area contributed by atoms with Crippen molar-refractivity contribution in [3.8, 4) is 0 Å². The van der Waals surface area contributed by atoms with Gasteiger partial charge in [-0.15, -0.1) is 0 Å². The van der Waals surface area contributed by atoms with Crippen LogP contribution in [0, 0.1) is 5.21 Å². The van der Waals surface area contributed by atoms with Crippen molar-refractivity contribution in [1.29, 1.82) is 0 Å². The van der Waals surface area contributed by atoms with Crippen molar-refractivity contribution in [3.63, 3.8) is 0 Å². The van der Waals surface area contributed by atoms with Crippen LogP contribution in [0.4, 0.5) is 11.4 Å². The Labute approximate surface area is 137 Å². The lowest BCUT2D eigenvalue weighted by Gasteiger charge is -2.28. The van der Waals surface area contributed by atoms with Crippen LogP contribution >= 0.6 is 0 Å². The van der Waals surface area contributed by atoms with Crippen molar-refractivity contribution in [1.82, 2.24) is 0 Å². The van der Waals surface area contributed by atoms with Crippen LogP contribution in [-0.4, -0.2) is 0 Å². The molecule has 2 aliphatic carbocycles. The molecule has 1 atom stereocenters. The van der Waals surface area contributed by atoms with Gasteiger partial charge >= 0.3 is 0 Å². The average molecular weight is 308 g/mol. The zero-order valence-electron chi connectivity index (χ0n) is 13.9. The molecule has 2 saturated carbocycles. The van der Waals surface area contributed by atoms with E-state index in [1.165, 1.54) is 36.8 Å². The number of quaternary nitrogens is 1. The predicted molar refractivity (Wildman–Crippen MR) is 93.7 cm³/mol. The quantitative estimate of drug-likeness (QED) is 0.824. The molecule has 0 heterocycles. The van der Waals surface area contributed by atoms with Crippen molar-refractivity contribution in [2.75, 3.05) is 5.43 Å². The monoisotopic (exact) mass is 308 g/mol. The number of para-hydroxylation sites is 2. The van der Waals surface area contributed by atoms with Gasteiger partial charge in [-0.3, -0.25) is 0 Å². The van der Waals surface area contributed by atoms with Crippen LogP contribution < -0.4 is 10.6 Å². The highest BCUT2D eigenvalue weighted by Gasteiger charge is 2.43. The maximum Gasteiger partial charge on any atom is 0.159 e. The molecule has 23 heavy (non-hydrogen) atoms. The fourth-order valence-electron chi connectivity index (χ4n) is 3.43. The van der Waals surface area contributed by atoms with Crippen LogP contribution in [-0.2, 0) is 10.8 Å². The molecule has 4 rings (SSSR count). The maximum atomic E-state index is 12.9. The summed E-state index contributed by atoms with van der Waals surface area (Å²) in [5.41, 5.74) is 7.85. The van der Waals surface area contributed by atoms with Crippen molar-refractivity contribution < 1.29 is 5.17 Å². The van der Waals surface area contributed by atoms with E-state index in [0.717, 1.165) is 11.4 Å².